The van der Waals surface area contributed by atoms with Crippen molar-refractivity contribution in [3.8, 4) is 0 Å². The summed E-state index contributed by atoms with van der Waals surface area (Å²) in [5.41, 5.74) is 0. The van der Waals surface area contributed by atoms with E-state index in [1.54, 1.807) is 0 Å². The van der Waals surface area contributed by atoms with Crippen molar-refractivity contribution < 1.29 is 24.2 Å². The van der Waals surface area contributed by atoms with Crippen LogP contribution in [0.15, 0.2) is 0 Å². The Balaban J connectivity index is 2.51. The van der Waals surface area contributed by atoms with Crippen molar-refractivity contribution in [3.05, 3.63) is 0 Å². The van der Waals surface area contributed by atoms with Gasteiger partial charge in [-0.2, -0.15) is 0 Å². The van der Waals surface area contributed by atoms with Crippen LogP contribution in [0.25, 0.3) is 0 Å². The number of rotatable bonds is 6. The summed E-state index contributed by atoms with van der Waals surface area (Å²) < 4.78 is 4.46. The van der Waals surface area contributed by atoms with E-state index in [1.807, 2.05) is 6.92 Å². The molecule has 3 atom stereocenters. The van der Waals surface area contributed by atoms with E-state index in [0.717, 1.165) is 19.3 Å². The number of hydrogen-bond acceptors (Lipinski definition) is 4. The molecule has 1 fully saturated rings. The van der Waals surface area contributed by atoms with E-state index in [9.17, 15) is 14.4 Å². The zero-order chi connectivity index (χ0) is 14.4. The van der Waals surface area contributed by atoms with E-state index in [0.29, 0.717) is 0 Å². The van der Waals surface area contributed by atoms with Gasteiger partial charge in [0.05, 0.1) is 7.11 Å². The molecule has 0 radical (unpaired) electrons. The molecule has 108 valence electrons. The van der Waals surface area contributed by atoms with Crippen LogP contribution < -0.4 is 5.32 Å². The highest BCUT2D eigenvalue weighted by atomic mass is 16.5. The molecule has 0 aliphatic heterocycles. The first-order valence-electron chi connectivity index (χ1n) is 6.55. The highest BCUT2D eigenvalue weighted by Crippen LogP contribution is 2.31. The maximum atomic E-state index is 12.0. The van der Waals surface area contributed by atoms with Gasteiger partial charge in [-0.05, 0) is 25.2 Å². The lowest BCUT2D eigenvalue weighted by molar-refractivity contribution is -0.144. The molecule has 1 saturated carbocycles. The summed E-state index contributed by atoms with van der Waals surface area (Å²) in [6, 6.07) is -1.03. The van der Waals surface area contributed by atoms with Gasteiger partial charge in [0.2, 0.25) is 5.91 Å². The largest absolute Gasteiger partial charge is 0.480 e. The summed E-state index contributed by atoms with van der Waals surface area (Å²) >= 11 is 0. The average molecular weight is 271 g/mol. The molecule has 0 saturated heterocycles. The second-order valence-corrected chi connectivity index (χ2v) is 5.03. The molecule has 0 bridgehead atoms. The van der Waals surface area contributed by atoms with Crippen molar-refractivity contribution in [3.63, 3.8) is 0 Å². The van der Waals surface area contributed by atoms with Gasteiger partial charge < -0.3 is 15.2 Å². The number of carbonyl (C=O) groups excluding carboxylic acids is 2. The fraction of sp³-hybridized carbons (Fsp3) is 0.769. The number of carboxylic acids is 1. The molecule has 6 heteroatoms. The van der Waals surface area contributed by atoms with E-state index in [2.05, 4.69) is 10.1 Å². The molecule has 1 rings (SSSR count). The highest BCUT2D eigenvalue weighted by Gasteiger charge is 2.32. The molecule has 3 unspecified atom stereocenters. The van der Waals surface area contributed by atoms with Gasteiger partial charge in [-0.3, -0.25) is 9.59 Å². The Morgan fingerprint density at radius 1 is 1.37 bits per heavy atom. The summed E-state index contributed by atoms with van der Waals surface area (Å²) in [7, 11) is 1.25. The van der Waals surface area contributed by atoms with Gasteiger partial charge in [0.1, 0.15) is 6.04 Å². The van der Waals surface area contributed by atoms with E-state index < -0.39 is 18.0 Å². The maximum absolute atomic E-state index is 12.0. The third-order valence-electron chi connectivity index (χ3n) is 3.68. The number of carboxylic acid groups (broad SMARTS) is 1. The van der Waals surface area contributed by atoms with Crippen LogP contribution in [0, 0.1) is 11.8 Å². The number of esters is 1. The van der Waals surface area contributed by atoms with E-state index in [1.165, 1.54) is 7.11 Å². The van der Waals surface area contributed by atoms with Gasteiger partial charge in [0.25, 0.3) is 0 Å². The quantitative estimate of drug-likeness (QED) is 0.701. The Morgan fingerprint density at radius 2 is 2.05 bits per heavy atom. The van der Waals surface area contributed by atoms with Crippen molar-refractivity contribution in [1.82, 2.24) is 5.32 Å². The number of amides is 1. The van der Waals surface area contributed by atoms with Gasteiger partial charge in [0.15, 0.2) is 0 Å². The Labute approximate surface area is 112 Å². The fourth-order valence-electron chi connectivity index (χ4n) is 2.44. The molecule has 19 heavy (non-hydrogen) atoms. The van der Waals surface area contributed by atoms with Gasteiger partial charge in [0, 0.05) is 12.3 Å². The zero-order valence-corrected chi connectivity index (χ0v) is 11.3. The lowest BCUT2D eigenvalue weighted by Crippen LogP contribution is -2.44. The minimum absolute atomic E-state index is 0.0199. The predicted octanol–water partition coefficient (Wildman–Crippen LogP) is 0.945. The molecule has 0 spiro atoms. The molecule has 1 aliphatic rings. The highest BCUT2D eigenvalue weighted by molar-refractivity contribution is 5.85. The Hall–Kier alpha value is -1.59. The lowest BCUT2D eigenvalue weighted by atomic mass is 9.96. The number of ether oxygens (including phenoxy) is 1. The molecular weight excluding hydrogens is 250 g/mol. The Morgan fingerprint density at radius 3 is 2.53 bits per heavy atom. The van der Waals surface area contributed by atoms with Crippen LogP contribution in [0.1, 0.15) is 39.0 Å². The number of methoxy groups -OCH3 is 1. The second-order valence-electron chi connectivity index (χ2n) is 5.03. The molecule has 2 N–H and O–H groups in total. The maximum Gasteiger partial charge on any atom is 0.326 e. The molecule has 0 aromatic carbocycles. The van der Waals surface area contributed by atoms with Gasteiger partial charge >= 0.3 is 11.9 Å². The number of aliphatic carboxylic acids is 1. The first-order chi connectivity index (χ1) is 8.95. The summed E-state index contributed by atoms with van der Waals surface area (Å²) in [5.74, 6) is -1.64. The first kappa shape index (κ1) is 15.5. The average Bonchev–Trinajstić information content (AvgIpc) is 2.79. The smallest absolute Gasteiger partial charge is 0.326 e. The van der Waals surface area contributed by atoms with E-state index in [4.69, 9.17) is 5.11 Å². The van der Waals surface area contributed by atoms with E-state index >= 15 is 0 Å². The van der Waals surface area contributed by atoms with Crippen molar-refractivity contribution in [2.24, 2.45) is 11.8 Å². The van der Waals surface area contributed by atoms with Gasteiger partial charge in [-0.1, -0.05) is 13.3 Å². The molecule has 0 heterocycles. The van der Waals surface area contributed by atoms with Crippen molar-refractivity contribution in [1.29, 1.82) is 0 Å². The van der Waals surface area contributed by atoms with Crippen molar-refractivity contribution >= 4 is 17.8 Å². The molecule has 0 aromatic heterocycles. The fourth-order valence-corrected chi connectivity index (χ4v) is 2.44. The summed E-state index contributed by atoms with van der Waals surface area (Å²) in [6.45, 7) is 2.00. The van der Waals surface area contributed by atoms with Crippen molar-refractivity contribution in [2.45, 2.75) is 45.1 Å². The van der Waals surface area contributed by atoms with Crippen LogP contribution in [0.5, 0.6) is 0 Å². The number of hydrogen-bond donors (Lipinski definition) is 2. The minimum Gasteiger partial charge on any atom is -0.480 e. The Kier molecular flexibility index (Phi) is 5.79. The van der Waals surface area contributed by atoms with Crippen LogP contribution >= 0.6 is 0 Å². The second kappa shape index (κ2) is 7.11. The Bertz CT molecular complexity index is 355. The van der Waals surface area contributed by atoms with Crippen LogP contribution in [-0.4, -0.2) is 36.1 Å². The predicted molar refractivity (Wildman–Crippen MR) is 67.3 cm³/mol. The topological polar surface area (TPSA) is 92.7 Å². The SMILES string of the molecule is COC(=O)CCC(NC(=O)C1CCCC1C)C(=O)O. The minimum atomic E-state index is -1.12. The van der Waals surface area contributed by atoms with Crippen LogP contribution in [0.3, 0.4) is 0 Å². The lowest BCUT2D eigenvalue weighted by Gasteiger charge is -2.19. The summed E-state index contributed by atoms with van der Waals surface area (Å²) in [4.78, 5) is 34.1. The number of nitrogens with one attached hydrogen (secondary N) is 1. The van der Waals surface area contributed by atoms with Crippen molar-refractivity contribution in [2.75, 3.05) is 7.11 Å². The summed E-state index contributed by atoms with van der Waals surface area (Å²) in [6.07, 6.45) is 2.83. The number of carbonyl (C=O) groups is 3. The van der Waals surface area contributed by atoms with Gasteiger partial charge in [-0.25, -0.2) is 4.79 Å². The molecule has 1 aliphatic carbocycles. The molecule has 1 amide bonds. The third kappa shape index (κ3) is 4.54. The van der Waals surface area contributed by atoms with Crippen LogP contribution in [0.4, 0.5) is 0 Å². The zero-order valence-electron chi connectivity index (χ0n) is 11.3. The molecular formula is C13H21NO5. The molecule has 6 nitrogen and oxygen atoms in total. The first-order valence-corrected chi connectivity index (χ1v) is 6.55. The summed E-state index contributed by atoms with van der Waals surface area (Å²) in [5, 5.41) is 11.6. The standard InChI is InChI=1S/C13H21NO5/c1-8-4-3-5-9(8)12(16)14-10(13(17)18)6-7-11(15)19-2/h8-10H,3-7H2,1-2H3,(H,14,16)(H,17,18). The molecule has 0 aromatic rings. The van der Waals surface area contributed by atoms with Gasteiger partial charge in [-0.15, -0.1) is 0 Å². The third-order valence-corrected chi connectivity index (χ3v) is 3.68. The van der Waals surface area contributed by atoms with Crippen LogP contribution in [0.2, 0.25) is 0 Å². The monoisotopic (exact) mass is 271 g/mol. The normalized spacial score (nSPS) is 23.7. The van der Waals surface area contributed by atoms with Crippen LogP contribution in [-0.2, 0) is 19.1 Å². The van der Waals surface area contributed by atoms with E-state index in [-0.39, 0.29) is 30.6 Å².